The van der Waals surface area contributed by atoms with E-state index in [1.54, 1.807) is 0 Å². The summed E-state index contributed by atoms with van der Waals surface area (Å²) in [6, 6.07) is 11.2. The molecule has 0 unspecified atom stereocenters. The number of nitrogens with zero attached hydrogens (tertiary/aromatic N) is 2. The lowest BCUT2D eigenvalue weighted by Crippen LogP contribution is -2.46. The van der Waals surface area contributed by atoms with E-state index in [2.05, 4.69) is 20.5 Å². The Bertz CT molecular complexity index is 1390. The van der Waals surface area contributed by atoms with Crippen molar-refractivity contribution in [2.75, 3.05) is 9.79 Å². The number of benzene rings is 2. The second-order valence-corrected chi connectivity index (χ2v) is 11.7. The molecule has 1 saturated carbocycles. The van der Waals surface area contributed by atoms with Gasteiger partial charge < -0.3 is 15.5 Å². The Morgan fingerprint density at radius 1 is 1.15 bits per heavy atom. The lowest BCUT2D eigenvalue weighted by molar-refractivity contribution is -0.199. The summed E-state index contributed by atoms with van der Waals surface area (Å²) >= 11 is 6.88. The van der Waals surface area contributed by atoms with Crippen molar-refractivity contribution in [1.29, 1.82) is 0 Å². The predicted octanol–water partition coefficient (Wildman–Crippen LogP) is 5.66. The SMILES string of the molecule is O=C(ON(c1nccs1)S(=O)(=O)c1cc(Cl)c(N[C@H]2CCCC[C@@H]2NCc2ccccc2)cc1F)C(F)(F)F. The second-order valence-electron chi connectivity index (χ2n) is 8.69. The fourth-order valence-electron chi connectivity index (χ4n) is 4.14. The molecule has 1 aromatic heterocycles. The molecule has 3 aromatic rings. The van der Waals surface area contributed by atoms with Crippen LogP contribution < -0.4 is 15.1 Å². The number of hydrogen-bond acceptors (Lipinski definition) is 8. The van der Waals surface area contributed by atoms with Gasteiger partial charge in [0.15, 0.2) is 0 Å². The molecule has 1 fully saturated rings. The molecule has 0 bridgehead atoms. The first-order valence-corrected chi connectivity index (χ1v) is 14.4. The van der Waals surface area contributed by atoms with Gasteiger partial charge in [-0.1, -0.05) is 59.2 Å². The van der Waals surface area contributed by atoms with Gasteiger partial charge in [0.05, 0.1) is 10.7 Å². The zero-order valence-electron chi connectivity index (χ0n) is 20.1. The number of halogens is 5. The van der Waals surface area contributed by atoms with Crippen LogP contribution in [0.25, 0.3) is 0 Å². The third-order valence-corrected chi connectivity index (χ3v) is 8.73. The summed E-state index contributed by atoms with van der Waals surface area (Å²) in [5, 5.41) is 7.08. The molecule has 15 heteroatoms. The monoisotopic (exact) mass is 606 g/mol. The Hall–Kier alpha value is -2.94. The number of sulfonamides is 1. The minimum atomic E-state index is -5.51. The predicted molar refractivity (Wildman–Crippen MR) is 138 cm³/mol. The molecule has 1 heterocycles. The molecule has 1 aliphatic carbocycles. The van der Waals surface area contributed by atoms with E-state index in [-0.39, 0.29) is 27.3 Å². The van der Waals surface area contributed by atoms with E-state index < -0.39 is 38.0 Å². The first kappa shape index (κ1) is 29.1. The molecule has 210 valence electrons. The maximum Gasteiger partial charge on any atom is 0.493 e. The molecule has 2 N–H and O–H groups in total. The van der Waals surface area contributed by atoms with Gasteiger partial charge >= 0.3 is 22.2 Å². The summed E-state index contributed by atoms with van der Waals surface area (Å²) < 4.78 is 79.6. The van der Waals surface area contributed by atoms with Crippen molar-refractivity contribution >= 4 is 49.7 Å². The van der Waals surface area contributed by atoms with Crippen molar-refractivity contribution < 1.29 is 35.6 Å². The lowest BCUT2D eigenvalue weighted by Gasteiger charge is -2.34. The number of hydrogen-bond donors (Lipinski definition) is 2. The minimum absolute atomic E-state index is 0.0173. The molecule has 2 aromatic carbocycles. The highest BCUT2D eigenvalue weighted by Crippen LogP contribution is 2.35. The van der Waals surface area contributed by atoms with Gasteiger partial charge in [-0.2, -0.15) is 21.6 Å². The summed E-state index contributed by atoms with van der Waals surface area (Å²) in [6.45, 7) is 0.617. The largest absolute Gasteiger partial charge is 0.493 e. The van der Waals surface area contributed by atoms with Crippen molar-refractivity contribution in [2.45, 2.75) is 55.4 Å². The quantitative estimate of drug-likeness (QED) is 0.239. The highest BCUT2D eigenvalue weighted by atomic mass is 35.5. The summed E-state index contributed by atoms with van der Waals surface area (Å²) in [4.78, 5) is 18.0. The van der Waals surface area contributed by atoms with Crippen LogP contribution in [0.3, 0.4) is 0 Å². The average Bonchev–Trinajstić information content (AvgIpc) is 3.43. The van der Waals surface area contributed by atoms with E-state index in [1.807, 2.05) is 30.3 Å². The highest BCUT2D eigenvalue weighted by molar-refractivity contribution is 7.92. The van der Waals surface area contributed by atoms with Gasteiger partial charge in [-0.25, -0.2) is 14.2 Å². The maximum absolute atomic E-state index is 15.2. The zero-order chi connectivity index (χ0) is 28.2. The van der Waals surface area contributed by atoms with E-state index in [0.717, 1.165) is 49.6 Å². The molecule has 0 amide bonds. The number of nitrogens with one attached hydrogen (secondary N) is 2. The molecule has 1 aliphatic rings. The molecular formula is C24H23ClF4N4O4S2. The van der Waals surface area contributed by atoms with Crippen LogP contribution in [0.2, 0.25) is 5.02 Å². The summed E-state index contributed by atoms with van der Waals surface area (Å²) in [5.74, 6) is -4.13. The summed E-state index contributed by atoms with van der Waals surface area (Å²) in [7, 11) is -5.19. The first-order valence-electron chi connectivity index (χ1n) is 11.7. The average molecular weight is 607 g/mol. The molecule has 4 rings (SSSR count). The normalized spacial score (nSPS) is 18.0. The van der Waals surface area contributed by atoms with Crippen LogP contribution in [0.15, 0.2) is 58.9 Å². The number of aromatic nitrogens is 1. The number of rotatable bonds is 9. The van der Waals surface area contributed by atoms with E-state index in [4.69, 9.17) is 11.6 Å². The third kappa shape index (κ3) is 6.99. The van der Waals surface area contributed by atoms with Gasteiger partial charge in [-0.15, -0.1) is 11.3 Å². The van der Waals surface area contributed by atoms with Gasteiger partial charge in [0, 0.05) is 30.2 Å². The first-order chi connectivity index (χ1) is 18.5. The van der Waals surface area contributed by atoms with Gasteiger partial charge in [0.2, 0.25) is 5.13 Å². The summed E-state index contributed by atoms with van der Waals surface area (Å²) in [6.07, 6.45) is -0.929. The Morgan fingerprint density at radius 2 is 1.85 bits per heavy atom. The lowest BCUT2D eigenvalue weighted by atomic mass is 9.90. The Morgan fingerprint density at radius 3 is 2.49 bits per heavy atom. The fourth-order valence-corrected chi connectivity index (χ4v) is 6.51. The van der Waals surface area contributed by atoms with E-state index in [1.165, 1.54) is 5.38 Å². The van der Waals surface area contributed by atoms with Gasteiger partial charge in [0.1, 0.15) is 10.7 Å². The second kappa shape index (κ2) is 12.1. The van der Waals surface area contributed by atoms with Crippen molar-refractivity contribution in [2.24, 2.45) is 0 Å². The zero-order valence-corrected chi connectivity index (χ0v) is 22.5. The van der Waals surface area contributed by atoms with E-state index in [9.17, 15) is 26.4 Å². The van der Waals surface area contributed by atoms with Crippen molar-refractivity contribution in [3.05, 3.63) is 70.4 Å². The van der Waals surface area contributed by atoms with Crippen molar-refractivity contribution in [3.8, 4) is 0 Å². The molecule has 39 heavy (non-hydrogen) atoms. The smallest absolute Gasteiger partial charge is 0.379 e. The van der Waals surface area contributed by atoms with Crippen LogP contribution in [-0.2, 0) is 26.2 Å². The Labute approximate surface area is 230 Å². The molecule has 0 radical (unpaired) electrons. The standard InChI is InChI=1S/C24H23ClF4N4O4S2/c25-16-12-21(39(35,36)33(23-30-10-11-38-23)37-22(34)24(27,28)29)17(26)13-20(16)32-19-9-5-4-8-18(19)31-14-15-6-2-1-3-7-15/h1-3,6-7,10-13,18-19,31-32H,4-5,8-9,14H2/t18-,19-/m0/s1. The molecule has 0 saturated heterocycles. The van der Waals surface area contributed by atoms with Crippen molar-refractivity contribution in [3.63, 3.8) is 0 Å². The number of alkyl halides is 3. The number of thiazole rings is 1. The van der Waals surface area contributed by atoms with Crippen LogP contribution in [-0.4, -0.2) is 37.6 Å². The van der Waals surface area contributed by atoms with Gasteiger partial charge in [-0.3, -0.25) is 0 Å². The molecule has 8 nitrogen and oxygen atoms in total. The third-order valence-electron chi connectivity index (χ3n) is 6.01. The van der Waals surface area contributed by atoms with Crippen LogP contribution >= 0.6 is 22.9 Å². The molecular weight excluding hydrogens is 584 g/mol. The van der Waals surface area contributed by atoms with Crippen LogP contribution in [0.1, 0.15) is 31.2 Å². The van der Waals surface area contributed by atoms with Crippen LogP contribution in [0, 0.1) is 5.82 Å². The number of anilines is 2. The number of carbonyl (C=O) groups is 1. The van der Waals surface area contributed by atoms with Gasteiger partial charge in [0.25, 0.3) is 0 Å². The molecule has 0 aliphatic heterocycles. The van der Waals surface area contributed by atoms with Crippen molar-refractivity contribution in [1.82, 2.24) is 10.3 Å². The molecule has 0 spiro atoms. The van der Waals surface area contributed by atoms with Crippen LogP contribution in [0.5, 0.6) is 0 Å². The number of carbonyl (C=O) groups excluding carboxylic acids is 1. The maximum atomic E-state index is 15.2. The topological polar surface area (TPSA) is 101 Å². The Balaban J connectivity index is 1.57. The highest BCUT2D eigenvalue weighted by Gasteiger charge is 2.46. The van der Waals surface area contributed by atoms with Crippen LogP contribution in [0.4, 0.5) is 28.4 Å². The summed E-state index contributed by atoms with van der Waals surface area (Å²) in [5.41, 5.74) is 1.20. The molecule has 2 atom stereocenters. The van der Waals surface area contributed by atoms with E-state index >= 15 is 4.39 Å². The van der Waals surface area contributed by atoms with E-state index in [0.29, 0.717) is 17.9 Å². The fraction of sp³-hybridized carbons (Fsp3) is 0.333. The minimum Gasteiger partial charge on any atom is -0.379 e. The van der Waals surface area contributed by atoms with Gasteiger partial charge in [-0.05, 0) is 30.5 Å². The Kier molecular flexibility index (Phi) is 8.99.